The Hall–Kier alpha value is -4.04. The fourth-order valence-electron chi connectivity index (χ4n) is 5.46. The molecule has 0 amide bonds. The quantitative estimate of drug-likeness (QED) is 0.168. The normalized spacial score (nSPS) is 13.4. The molecular formula is C41H48O2. The van der Waals surface area contributed by atoms with Crippen LogP contribution in [0.25, 0.3) is 12.2 Å². The fraction of sp³-hybridized carbons (Fsp3) is 0.317. The van der Waals surface area contributed by atoms with Crippen molar-refractivity contribution >= 4 is 12.2 Å². The highest BCUT2D eigenvalue weighted by Gasteiger charge is 2.27. The highest BCUT2D eigenvalue weighted by atomic mass is 16.5. The lowest BCUT2D eigenvalue weighted by Gasteiger charge is -2.30. The molecule has 4 rings (SSSR count). The van der Waals surface area contributed by atoms with Crippen LogP contribution in [-0.2, 0) is 5.41 Å². The summed E-state index contributed by atoms with van der Waals surface area (Å²) in [6.07, 6.45) is 10.4. The maximum atomic E-state index is 6.58. The Bertz CT molecular complexity index is 1460. The maximum Gasteiger partial charge on any atom is 0.134 e. The van der Waals surface area contributed by atoms with E-state index in [1.807, 2.05) is 62.4 Å². The van der Waals surface area contributed by atoms with E-state index in [0.29, 0.717) is 11.8 Å². The number of para-hydroxylation sites is 2. The first-order valence-corrected chi connectivity index (χ1v) is 15.8. The molecular weight excluding hydrogens is 524 g/mol. The Morgan fingerprint density at radius 2 is 0.977 bits per heavy atom. The van der Waals surface area contributed by atoms with E-state index in [0.717, 1.165) is 47.0 Å². The lowest BCUT2D eigenvalue weighted by Crippen LogP contribution is -2.20. The molecule has 2 atom stereocenters. The number of rotatable bonds is 12. The van der Waals surface area contributed by atoms with E-state index in [4.69, 9.17) is 9.47 Å². The zero-order valence-corrected chi connectivity index (χ0v) is 27.3. The molecule has 43 heavy (non-hydrogen) atoms. The molecule has 0 radical (unpaired) electrons. The van der Waals surface area contributed by atoms with Crippen molar-refractivity contribution in [2.45, 2.75) is 85.5 Å². The molecule has 0 saturated heterocycles. The van der Waals surface area contributed by atoms with E-state index >= 15 is 0 Å². The third-order valence-electron chi connectivity index (χ3n) is 8.72. The predicted molar refractivity (Wildman–Crippen MR) is 185 cm³/mol. The van der Waals surface area contributed by atoms with Crippen LogP contribution in [0.2, 0.25) is 0 Å². The van der Waals surface area contributed by atoms with Crippen molar-refractivity contribution in [3.63, 3.8) is 0 Å². The summed E-state index contributed by atoms with van der Waals surface area (Å²) < 4.78 is 13.2. The second-order valence-corrected chi connectivity index (χ2v) is 12.0. The van der Waals surface area contributed by atoms with E-state index in [1.165, 1.54) is 22.3 Å². The summed E-state index contributed by atoms with van der Waals surface area (Å²) in [6.45, 7) is 17.8. The van der Waals surface area contributed by atoms with Gasteiger partial charge in [0.1, 0.15) is 23.0 Å². The fourth-order valence-corrected chi connectivity index (χ4v) is 5.46. The van der Waals surface area contributed by atoms with Crippen LogP contribution in [-0.4, -0.2) is 0 Å². The Morgan fingerprint density at radius 1 is 0.581 bits per heavy atom. The van der Waals surface area contributed by atoms with Gasteiger partial charge < -0.3 is 9.47 Å². The average molecular weight is 573 g/mol. The summed E-state index contributed by atoms with van der Waals surface area (Å²) in [5.74, 6) is 4.33. The topological polar surface area (TPSA) is 18.5 Å². The molecule has 0 aliphatic carbocycles. The van der Waals surface area contributed by atoms with Crippen LogP contribution in [0.5, 0.6) is 23.0 Å². The van der Waals surface area contributed by atoms with Gasteiger partial charge in [-0.1, -0.05) is 127 Å². The van der Waals surface area contributed by atoms with Crippen molar-refractivity contribution < 1.29 is 9.47 Å². The molecule has 0 heterocycles. The van der Waals surface area contributed by atoms with Crippen molar-refractivity contribution in [2.75, 3.05) is 0 Å². The molecule has 4 aromatic carbocycles. The van der Waals surface area contributed by atoms with Crippen LogP contribution < -0.4 is 9.47 Å². The highest BCUT2D eigenvalue weighted by molar-refractivity contribution is 5.60. The van der Waals surface area contributed by atoms with Crippen molar-refractivity contribution in [3.05, 3.63) is 130 Å². The Morgan fingerprint density at radius 3 is 1.35 bits per heavy atom. The standard InChI is InChI=1S/C41H48O2/c1-9-17-31-19-13-15-21-37(31)42-39-25-23-33(27-35(39)29(5)11-3)41(7,8)34-24-26-40(36(28-34)30(6)12-4)43-38-22-16-14-20-32(38)18-10-2/h9-10,13-30H,11-12H2,1-8H3/b17-9-,18-10-. The molecule has 0 fully saturated rings. The minimum atomic E-state index is -0.215. The smallest absolute Gasteiger partial charge is 0.134 e. The van der Waals surface area contributed by atoms with Crippen molar-refractivity contribution in [3.8, 4) is 23.0 Å². The molecule has 0 aliphatic heterocycles. The zero-order valence-electron chi connectivity index (χ0n) is 27.3. The van der Waals surface area contributed by atoms with Crippen molar-refractivity contribution in [2.24, 2.45) is 0 Å². The Balaban J connectivity index is 1.74. The van der Waals surface area contributed by atoms with Gasteiger partial charge in [0, 0.05) is 16.5 Å². The largest absolute Gasteiger partial charge is 0.456 e. The molecule has 224 valence electrons. The van der Waals surface area contributed by atoms with Crippen LogP contribution in [0, 0.1) is 0 Å². The molecule has 0 N–H and O–H groups in total. The third-order valence-corrected chi connectivity index (χ3v) is 8.72. The molecule has 0 bridgehead atoms. The molecule has 0 aliphatic rings. The molecule has 2 unspecified atom stereocenters. The van der Waals surface area contributed by atoms with Gasteiger partial charge in [-0.3, -0.25) is 0 Å². The summed E-state index contributed by atoms with van der Waals surface area (Å²) in [6, 6.07) is 30.0. The summed E-state index contributed by atoms with van der Waals surface area (Å²) in [5, 5.41) is 0. The van der Waals surface area contributed by atoms with Gasteiger partial charge in [0.15, 0.2) is 0 Å². The van der Waals surface area contributed by atoms with Gasteiger partial charge in [0.2, 0.25) is 0 Å². The Kier molecular flexibility index (Phi) is 10.7. The molecule has 4 aromatic rings. The van der Waals surface area contributed by atoms with Crippen molar-refractivity contribution in [1.29, 1.82) is 0 Å². The first-order valence-electron chi connectivity index (χ1n) is 15.8. The van der Waals surface area contributed by atoms with Crippen LogP contribution in [0.1, 0.15) is 113 Å². The zero-order chi connectivity index (χ0) is 31.0. The van der Waals surface area contributed by atoms with Crippen LogP contribution in [0.15, 0.2) is 97.1 Å². The highest BCUT2D eigenvalue weighted by Crippen LogP contribution is 2.42. The van der Waals surface area contributed by atoms with Gasteiger partial charge in [-0.25, -0.2) is 0 Å². The third kappa shape index (κ3) is 7.31. The van der Waals surface area contributed by atoms with E-state index in [9.17, 15) is 0 Å². The first-order chi connectivity index (χ1) is 20.7. The second kappa shape index (κ2) is 14.4. The number of allylic oxidation sites excluding steroid dienone is 2. The average Bonchev–Trinajstić information content (AvgIpc) is 3.02. The monoisotopic (exact) mass is 572 g/mol. The molecule has 2 heteroatoms. The maximum absolute atomic E-state index is 6.58. The predicted octanol–water partition coefficient (Wildman–Crippen LogP) is 12.7. The lowest BCUT2D eigenvalue weighted by molar-refractivity contribution is 0.467. The molecule has 0 saturated carbocycles. The van der Waals surface area contributed by atoms with Gasteiger partial charge in [0.05, 0.1) is 0 Å². The van der Waals surface area contributed by atoms with Gasteiger partial charge in [-0.05, 0) is 85.0 Å². The van der Waals surface area contributed by atoms with Gasteiger partial charge in [-0.2, -0.15) is 0 Å². The minimum absolute atomic E-state index is 0.215. The molecule has 2 nitrogen and oxygen atoms in total. The Labute approximate surface area is 260 Å². The van der Waals surface area contributed by atoms with Crippen molar-refractivity contribution in [1.82, 2.24) is 0 Å². The van der Waals surface area contributed by atoms with Crippen LogP contribution in [0.4, 0.5) is 0 Å². The van der Waals surface area contributed by atoms with Gasteiger partial charge in [-0.15, -0.1) is 0 Å². The summed E-state index contributed by atoms with van der Waals surface area (Å²) in [7, 11) is 0. The van der Waals surface area contributed by atoms with Gasteiger partial charge in [0.25, 0.3) is 0 Å². The van der Waals surface area contributed by atoms with E-state index in [1.54, 1.807) is 0 Å². The SMILES string of the molecule is C/C=C\c1ccccc1Oc1ccc(C(C)(C)c2ccc(Oc3ccccc3/C=C\C)c(C(C)CC)c2)cc1C(C)CC. The number of ether oxygens (including phenoxy) is 2. The van der Waals surface area contributed by atoms with E-state index in [-0.39, 0.29) is 5.41 Å². The first kappa shape index (κ1) is 31.9. The molecule has 0 spiro atoms. The van der Waals surface area contributed by atoms with E-state index in [2.05, 4.69) is 102 Å². The summed E-state index contributed by atoms with van der Waals surface area (Å²) in [4.78, 5) is 0. The summed E-state index contributed by atoms with van der Waals surface area (Å²) >= 11 is 0. The second-order valence-electron chi connectivity index (χ2n) is 12.0. The lowest BCUT2D eigenvalue weighted by atomic mass is 9.75. The van der Waals surface area contributed by atoms with Crippen LogP contribution in [0.3, 0.4) is 0 Å². The number of hydrogen-bond acceptors (Lipinski definition) is 2. The number of hydrogen-bond donors (Lipinski definition) is 0. The van der Waals surface area contributed by atoms with E-state index < -0.39 is 0 Å². The minimum Gasteiger partial charge on any atom is -0.456 e. The van der Waals surface area contributed by atoms with Crippen LogP contribution >= 0.6 is 0 Å². The van der Waals surface area contributed by atoms with Gasteiger partial charge >= 0.3 is 0 Å². The summed E-state index contributed by atoms with van der Waals surface area (Å²) in [5.41, 5.74) is 6.98. The molecule has 0 aromatic heterocycles. The number of benzene rings is 4.